The zero-order valence-electron chi connectivity index (χ0n) is 13.0. The van der Waals surface area contributed by atoms with E-state index in [2.05, 4.69) is 27.3 Å². The Hall–Kier alpha value is -1.60. The van der Waals surface area contributed by atoms with Gasteiger partial charge in [-0.2, -0.15) is 5.26 Å². The Labute approximate surface area is 127 Å². The summed E-state index contributed by atoms with van der Waals surface area (Å²) < 4.78 is 0. The van der Waals surface area contributed by atoms with Crippen LogP contribution in [0.25, 0.3) is 0 Å². The largest absolute Gasteiger partial charge is 0.370 e. The average molecular weight is 284 g/mol. The Bertz CT molecular complexity index is 547. The quantitative estimate of drug-likeness (QED) is 0.906. The third-order valence-electron chi connectivity index (χ3n) is 4.97. The minimum absolute atomic E-state index is 0.725. The number of anilines is 1. The number of pyridine rings is 1. The van der Waals surface area contributed by atoms with Gasteiger partial charge in [0.25, 0.3) is 0 Å². The molecular weight excluding hydrogens is 260 g/mol. The van der Waals surface area contributed by atoms with Gasteiger partial charge >= 0.3 is 0 Å². The smallest absolute Gasteiger partial charge is 0.103 e. The summed E-state index contributed by atoms with van der Waals surface area (Å²) in [5.74, 6) is 0.804. The minimum atomic E-state index is 0.725. The molecule has 21 heavy (non-hydrogen) atoms. The highest BCUT2D eigenvalue weighted by Crippen LogP contribution is 2.31. The number of piperidine rings is 1. The monoisotopic (exact) mass is 284 g/mol. The summed E-state index contributed by atoms with van der Waals surface area (Å²) in [6.07, 6.45) is 5.11. The van der Waals surface area contributed by atoms with Gasteiger partial charge in [0.2, 0.25) is 0 Å². The maximum Gasteiger partial charge on any atom is 0.103 e. The zero-order valence-corrected chi connectivity index (χ0v) is 13.0. The highest BCUT2D eigenvalue weighted by Gasteiger charge is 2.29. The van der Waals surface area contributed by atoms with Crippen LogP contribution in [0.15, 0.2) is 6.07 Å². The van der Waals surface area contributed by atoms with Crippen molar-refractivity contribution in [3.05, 3.63) is 23.0 Å². The Morgan fingerprint density at radius 2 is 2.05 bits per heavy atom. The van der Waals surface area contributed by atoms with Crippen molar-refractivity contribution in [2.24, 2.45) is 5.92 Å². The molecule has 0 aromatic carbocycles. The molecule has 2 fully saturated rings. The molecule has 2 aliphatic rings. The van der Waals surface area contributed by atoms with Gasteiger partial charge in [0.05, 0.1) is 16.9 Å². The zero-order chi connectivity index (χ0) is 14.8. The van der Waals surface area contributed by atoms with Gasteiger partial charge in [0.1, 0.15) is 6.07 Å². The first kappa shape index (κ1) is 14.3. The van der Waals surface area contributed by atoms with Gasteiger partial charge in [-0.05, 0) is 58.1 Å². The Morgan fingerprint density at radius 3 is 2.67 bits per heavy atom. The number of nitrogens with zero attached hydrogens (tertiary/aromatic N) is 3. The van der Waals surface area contributed by atoms with Crippen LogP contribution in [0.5, 0.6) is 0 Å². The highest BCUT2D eigenvalue weighted by atomic mass is 15.1. The summed E-state index contributed by atoms with van der Waals surface area (Å²) in [6, 6.07) is 5.13. The standard InChI is InChI=1S/C17H24N4/c1-12-10-17(15(11-18)13(2)20-12)21-8-5-14(6-9-21)16-4-3-7-19-16/h10,14,16,19H,3-9H2,1-2H3. The van der Waals surface area contributed by atoms with Gasteiger partial charge in [0.15, 0.2) is 0 Å². The molecule has 1 aromatic rings. The molecule has 2 aliphatic heterocycles. The number of rotatable bonds is 2. The number of hydrogen-bond acceptors (Lipinski definition) is 4. The fourth-order valence-electron chi connectivity index (χ4n) is 3.85. The molecule has 3 rings (SSSR count). The SMILES string of the molecule is Cc1cc(N2CCC(C3CCCN3)CC2)c(C#N)c(C)n1. The van der Waals surface area contributed by atoms with Crippen LogP contribution in [-0.4, -0.2) is 30.7 Å². The van der Waals surface area contributed by atoms with Crippen LogP contribution in [-0.2, 0) is 0 Å². The molecule has 2 saturated heterocycles. The molecule has 3 heterocycles. The van der Waals surface area contributed by atoms with E-state index in [4.69, 9.17) is 0 Å². The summed E-state index contributed by atoms with van der Waals surface area (Å²) in [4.78, 5) is 6.80. The molecule has 1 atom stereocenters. The molecule has 4 heteroatoms. The van der Waals surface area contributed by atoms with E-state index in [1.54, 1.807) is 0 Å². The predicted octanol–water partition coefficient (Wildman–Crippen LogP) is 2.54. The molecule has 112 valence electrons. The number of nitriles is 1. The van der Waals surface area contributed by atoms with E-state index in [1.165, 1.54) is 32.2 Å². The van der Waals surface area contributed by atoms with E-state index >= 15 is 0 Å². The van der Waals surface area contributed by atoms with Crippen LogP contribution in [0.2, 0.25) is 0 Å². The fraction of sp³-hybridized carbons (Fsp3) is 0.647. The van der Waals surface area contributed by atoms with E-state index in [1.807, 2.05) is 13.8 Å². The van der Waals surface area contributed by atoms with Gasteiger partial charge < -0.3 is 10.2 Å². The molecule has 0 saturated carbocycles. The molecule has 4 nitrogen and oxygen atoms in total. The van der Waals surface area contributed by atoms with Crippen LogP contribution >= 0.6 is 0 Å². The van der Waals surface area contributed by atoms with Crippen molar-refractivity contribution in [3.63, 3.8) is 0 Å². The van der Waals surface area contributed by atoms with Gasteiger partial charge in [-0.3, -0.25) is 4.98 Å². The molecule has 0 aliphatic carbocycles. The summed E-state index contributed by atoms with van der Waals surface area (Å²) >= 11 is 0. The first-order valence-electron chi connectivity index (χ1n) is 8.05. The third-order valence-corrected chi connectivity index (χ3v) is 4.97. The Morgan fingerprint density at radius 1 is 1.29 bits per heavy atom. The Balaban J connectivity index is 1.73. The first-order valence-corrected chi connectivity index (χ1v) is 8.05. The minimum Gasteiger partial charge on any atom is -0.370 e. The lowest BCUT2D eigenvalue weighted by molar-refractivity contribution is 0.319. The van der Waals surface area contributed by atoms with E-state index in [9.17, 15) is 5.26 Å². The summed E-state index contributed by atoms with van der Waals surface area (Å²) in [5.41, 5.74) is 3.69. The van der Waals surface area contributed by atoms with E-state index < -0.39 is 0 Å². The van der Waals surface area contributed by atoms with Crippen molar-refractivity contribution in [1.29, 1.82) is 5.26 Å². The van der Waals surface area contributed by atoms with Gasteiger partial charge in [0, 0.05) is 24.8 Å². The first-order chi connectivity index (χ1) is 10.2. The average Bonchev–Trinajstić information content (AvgIpc) is 3.01. The molecule has 1 N–H and O–H groups in total. The van der Waals surface area contributed by atoms with Crippen LogP contribution in [0.1, 0.15) is 42.6 Å². The molecule has 0 spiro atoms. The normalized spacial score (nSPS) is 23.3. The van der Waals surface area contributed by atoms with Crippen LogP contribution in [0.4, 0.5) is 5.69 Å². The van der Waals surface area contributed by atoms with E-state index in [0.717, 1.165) is 47.7 Å². The van der Waals surface area contributed by atoms with Gasteiger partial charge in [-0.1, -0.05) is 0 Å². The number of hydrogen-bond donors (Lipinski definition) is 1. The molecule has 0 amide bonds. The van der Waals surface area contributed by atoms with Crippen LogP contribution in [0.3, 0.4) is 0 Å². The van der Waals surface area contributed by atoms with Crippen molar-refractivity contribution >= 4 is 5.69 Å². The van der Waals surface area contributed by atoms with Gasteiger partial charge in [-0.25, -0.2) is 0 Å². The molecule has 0 bridgehead atoms. The van der Waals surface area contributed by atoms with Crippen molar-refractivity contribution in [2.75, 3.05) is 24.5 Å². The number of aromatic nitrogens is 1. The van der Waals surface area contributed by atoms with Crippen molar-refractivity contribution in [1.82, 2.24) is 10.3 Å². The second kappa shape index (κ2) is 6.03. The number of aryl methyl sites for hydroxylation is 2. The lowest BCUT2D eigenvalue weighted by atomic mass is 9.88. The summed E-state index contributed by atoms with van der Waals surface area (Å²) in [7, 11) is 0. The predicted molar refractivity (Wildman–Crippen MR) is 84.4 cm³/mol. The number of nitrogens with one attached hydrogen (secondary N) is 1. The van der Waals surface area contributed by atoms with E-state index in [0.29, 0.717) is 0 Å². The van der Waals surface area contributed by atoms with Crippen LogP contribution in [0, 0.1) is 31.1 Å². The topological polar surface area (TPSA) is 52.0 Å². The van der Waals surface area contributed by atoms with Crippen molar-refractivity contribution < 1.29 is 0 Å². The second-order valence-corrected chi connectivity index (χ2v) is 6.38. The van der Waals surface area contributed by atoms with Crippen molar-refractivity contribution in [3.8, 4) is 6.07 Å². The molecule has 0 radical (unpaired) electrons. The molecular formula is C17H24N4. The van der Waals surface area contributed by atoms with Crippen molar-refractivity contribution in [2.45, 2.75) is 45.6 Å². The molecule has 1 unspecified atom stereocenters. The van der Waals surface area contributed by atoms with Crippen LogP contribution < -0.4 is 10.2 Å². The van der Waals surface area contributed by atoms with E-state index in [-0.39, 0.29) is 0 Å². The summed E-state index contributed by atoms with van der Waals surface area (Å²) in [6.45, 7) is 7.24. The lowest BCUT2D eigenvalue weighted by Gasteiger charge is -2.36. The lowest BCUT2D eigenvalue weighted by Crippen LogP contribution is -2.41. The van der Waals surface area contributed by atoms with Gasteiger partial charge in [-0.15, -0.1) is 0 Å². The Kier molecular flexibility index (Phi) is 4.12. The maximum absolute atomic E-state index is 9.42. The third kappa shape index (κ3) is 2.89. The fourth-order valence-corrected chi connectivity index (χ4v) is 3.85. The summed E-state index contributed by atoms with van der Waals surface area (Å²) in [5, 5.41) is 13.1. The maximum atomic E-state index is 9.42. The molecule has 1 aromatic heterocycles. The second-order valence-electron chi connectivity index (χ2n) is 6.38. The highest BCUT2D eigenvalue weighted by molar-refractivity contribution is 5.61.